The van der Waals surface area contributed by atoms with Crippen LogP contribution in [0.4, 0.5) is 0 Å². The van der Waals surface area contributed by atoms with Crippen LogP contribution in [-0.2, 0) is 17.9 Å². The van der Waals surface area contributed by atoms with Gasteiger partial charge in [-0.1, -0.05) is 12.1 Å². The van der Waals surface area contributed by atoms with Crippen LogP contribution in [0.2, 0.25) is 0 Å². The molecule has 1 aromatic heterocycles. The predicted octanol–water partition coefficient (Wildman–Crippen LogP) is 3.12. The number of rotatable bonds is 3. The second kappa shape index (κ2) is 4.53. The number of ether oxygens (including phenoxy) is 1. The van der Waals surface area contributed by atoms with Crippen molar-refractivity contribution in [2.75, 3.05) is 7.11 Å². The first-order valence-corrected chi connectivity index (χ1v) is 6.20. The largest absolute Gasteiger partial charge is 0.380 e. The highest BCUT2D eigenvalue weighted by atomic mass is 32.1. The summed E-state index contributed by atoms with van der Waals surface area (Å²) in [7, 11) is 1.73. The van der Waals surface area contributed by atoms with Crippen molar-refractivity contribution >= 4 is 21.4 Å². The van der Waals surface area contributed by atoms with E-state index in [1.807, 2.05) is 0 Å². The average molecular weight is 235 g/mol. The fourth-order valence-corrected chi connectivity index (χ4v) is 3.31. The summed E-state index contributed by atoms with van der Waals surface area (Å²) in [6, 6.07) is 4.34. The molecule has 2 N–H and O–H groups in total. The van der Waals surface area contributed by atoms with Gasteiger partial charge in [0.15, 0.2) is 0 Å². The number of hydrogen-bond donors (Lipinski definition) is 1. The zero-order chi connectivity index (χ0) is 11.7. The molecular weight excluding hydrogens is 218 g/mol. The average Bonchev–Trinajstić information content (AvgIpc) is 2.64. The third-order valence-electron chi connectivity index (χ3n) is 2.90. The van der Waals surface area contributed by atoms with Crippen LogP contribution in [0.3, 0.4) is 0 Å². The molecule has 0 saturated heterocycles. The van der Waals surface area contributed by atoms with Crippen LogP contribution in [0.5, 0.6) is 0 Å². The van der Waals surface area contributed by atoms with Crippen molar-refractivity contribution in [1.82, 2.24) is 0 Å². The molecule has 2 rings (SSSR count). The smallest absolute Gasteiger partial charge is 0.0730 e. The number of aryl methyl sites for hydroxylation is 2. The second-order valence-corrected chi connectivity index (χ2v) is 5.15. The Bertz CT molecular complexity index is 516. The molecule has 0 atom stereocenters. The van der Waals surface area contributed by atoms with Gasteiger partial charge in [-0.25, -0.2) is 0 Å². The quantitative estimate of drug-likeness (QED) is 0.887. The molecule has 0 radical (unpaired) electrons. The Morgan fingerprint density at radius 1 is 1.25 bits per heavy atom. The lowest BCUT2D eigenvalue weighted by Crippen LogP contribution is -1.98. The van der Waals surface area contributed by atoms with E-state index in [4.69, 9.17) is 10.5 Å². The van der Waals surface area contributed by atoms with Gasteiger partial charge in [0, 0.05) is 34.2 Å². The molecule has 0 unspecified atom stereocenters. The maximum absolute atomic E-state index is 5.80. The molecule has 0 aliphatic heterocycles. The lowest BCUT2D eigenvalue weighted by molar-refractivity contribution is 0.185. The number of methoxy groups -OCH3 is 1. The van der Waals surface area contributed by atoms with Gasteiger partial charge in [-0.05, 0) is 25.0 Å². The van der Waals surface area contributed by atoms with Gasteiger partial charge in [0.2, 0.25) is 0 Å². The van der Waals surface area contributed by atoms with Crippen LogP contribution < -0.4 is 5.73 Å². The first kappa shape index (κ1) is 11.6. The van der Waals surface area contributed by atoms with Crippen molar-refractivity contribution < 1.29 is 4.74 Å². The highest BCUT2D eigenvalue weighted by Crippen LogP contribution is 2.35. The number of fused-ring (bicyclic) bond motifs is 1. The fourth-order valence-electron chi connectivity index (χ4n) is 2.08. The molecule has 86 valence electrons. The minimum atomic E-state index is 0.594. The Morgan fingerprint density at radius 3 is 2.56 bits per heavy atom. The maximum atomic E-state index is 5.80. The third-order valence-corrected chi connectivity index (χ3v) is 4.29. The molecule has 1 heterocycles. The number of thiophene rings is 1. The Labute approximate surface area is 100 Å². The zero-order valence-corrected chi connectivity index (χ0v) is 10.8. The molecule has 16 heavy (non-hydrogen) atoms. The molecular formula is C13H17NOS. The normalized spacial score (nSPS) is 11.2. The van der Waals surface area contributed by atoms with E-state index in [1.54, 1.807) is 18.4 Å². The number of benzene rings is 1. The van der Waals surface area contributed by atoms with E-state index in [2.05, 4.69) is 26.0 Å². The van der Waals surface area contributed by atoms with E-state index in [-0.39, 0.29) is 0 Å². The molecule has 1 aromatic carbocycles. The molecule has 0 fully saturated rings. The standard InChI is InChI=1S/C13H17NOS/c1-8-4-5-9(2)13-12(8)10(7-15-3)11(6-14)16-13/h4-5H,6-7,14H2,1-3H3. The molecule has 0 bridgehead atoms. The van der Waals surface area contributed by atoms with E-state index in [0.717, 1.165) is 0 Å². The van der Waals surface area contributed by atoms with Crippen molar-refractivity contribution in [3.8, 4) is 0 Å². The van der Waals surface area contributed by atoms with Crippen LogP contribution in [0, 0.1) is 13.8 Å². The van der Waals surface area contributed by atoms with Gasteiger partial charge in [0.05, 0.1) is 6.61 Å². The molecule has 0 aliphatic rings. The minimum absolute atomic E-state index is 0.594. The lowest BCUT2D eigenvalue weighted by atomic mass is 10.0. The van der Waals surface area contributed by atoms with E-state index < -0.39 is 0 Å². The van der Waals surface area contributed by atoms with Crippen molar-refractivity contribution in [3.63, 3.8) is 0 Å². The first-order valence-electron chi connectivity index (χ1n) is 5.38. The van der Waals surface area contributed by atoms with Gasteiger partial charge < -0.3 is 10.5 Å². The summed E-state index contributed by atoms with van der Waals surface area (Å²) in [6.07, 6.45) is 0. The number of hydrogen-bond acceptors (Lipinski definition) is 3. The summed E-state index contributed by atoms with van der Waals surface area (Å²) < 4.78 is 6.64. The van der Waals surface area contributed by atoms with Gasteiger partial charge in [-0.3, -0.25) is 0 Å². The van der Waals surface area contributed by atoms with Crippen LogP contribution >= 0.6 is 11.3 Å². The van der Waals surface area contributed by atoms with E-state index >= 15 is 0 Å². The maximum Gasteiger partial charge on any atom is 0.0730 e. The fraction of sp³-hybridized carbons (Fsp3) is 0.385. The Balaban J connectivity index is 2.78. The minimum Gasteiger partial charge on any atom is -0.380 e. The van der Waals surface area contributed by atoms with Crippen LogP contribution in [0.25, 0.3) is 10.1 Å². The van der Waals surface area contributed by atoms with Crippen LogP contribution in [0.1, 0.15) is 21.6 Å². The van der Waals surface area contributed by atoms with Crippen LogP contribution in [-0.4, -0.2) is 7.11 Å². The second-order valence-electron chi connectivity index (χ2n) is 4.04. The predicted molar refractivity (Wildman–Crippen MR) is 69.9 cm³/mol. The van der Waals surface area contributed by atoms with Gasteiger partial charge in [0.1, 0.15) is 0 Å². The van der Waals surface area contributed by atoms with Crippen molar-refractivity contribution in [2.24, 2.45) is 5.73 Å². The SMILES string of the molecule is COCc1c(CN)sc2c(C)ccc(C)c12. The summed E-state index contributed by atoms with van der Waals surface area (Å²) in [4.78, 5) is 1.24. The molecule has 0 saturated carbocycles. The first-order chi connectivity index (χ1) is 7.69. The van der Waals surface area contributed by atoms with Gasteiger partial charge in [-0.15, -0.1) is 11.3 Å². The molecule has 3 heteroatoms. The summed E-state index contributed by atoms with van der Waals surface area (Å²) in [6.45, 7) is 5.54. The van der Waals surface area contributed by atoms with E-state index in [1.165, 1.54) is 31.7 Å². The van der Waals surface area contributed by atoms with Crippen molar-refractivity contribution in [1.29, 1.82) is 0 Å². The summed E-state index contributed by atoms with van der Waals surface area (Å²) >= 11 is 1.80. The highest BCUT2D eigenvalue weighted by Gasteiger charge is 2.14. The number of nitrogens with two attached hydrogens (primary N) is 1. The molecule has 0 amide bonds. The van der Waals surface area contributed by atoms with Crippen molar-refractivity contribution in [2.45, 2.75) is 27.0 Å². The van der Waals surface area contributed by atoms with Gasteiger partial charge in [0.25, 0.3) is 0 Å². The van der Waals surface area contributed by atoms with E-state index in [9.17, 15) is 0 Å². The summed E-state index contributed by atoms with van der Waals surface area (Å²) in [5.74, 6) is 0. The molecule has 2 nitrogen and oxygen atoms in total. The van der Waals surface area contributed by atoms with E-state index in [0.29, 0.717) is 13.2 Å². The zero-order valence-electron chi connectivity index (χ0n) is 9.96. The Kier molecular flexibility index (Phi) is 3.28. The van der Waals surface area contributed by atoms with Gasteiger partial charge in [-0.2, -0.15) is 0 Å². The highest BCUT2D eigenvalue weighted by molar-refractivity contribution is 7.19. The molecule has 0 spiro atoms. The van der Waals surface area contributed by atoms with Crippen LogP contribution in [0.15, 0.2) is 12.1 Å². The topological polar surface area (TPSA) is 35.2 Å². The molecule has 0 aliphatic carbocycles. The third kappa shape index (κ3) is 1.75. The lowest BCUT2D eigenvalue weighted by Gasteiger charge is -2.04. The van der Waals surface area contributed by atoms with Gasteiger partial charge >= 0.3 is 0 Å². The molecule has 2 aromatic rings. The summed E-state index contributed by atoms with van der Waals surface area (Å²) in [5.41, 5.74) is 9.70. The Morgan fingerprint density at radius 2 is 1.94 bits per heavy atom. The summed E-state index contributed by atoms with van der Waals surface area (Å²) in [5, 5.41) is 1.34. The van der Waals surface area contributed by atoms with Crippen molar-refractivity contribution in [3.05, 3.63) is 33.7 Å². The monoisotopic (exact) mass is 235 g/mol. The Hall–Kier alpha value is -0.900.